The molecule has 8 heteroatoms. The maximum Gasteiger partial charge on any atom is 0.269 e. The molecular weight excluding hydrogens is 346 g/mol. The zero-order valence-electron chi connectivity index (χ0n) is 13.1. The van der Waals surface area contributed by atoms with Crippen molar-refractivity contribution in [1.82, 2.24) is 5.32 Å². The van der Waals surface area contributed by atoms with Gasteiger partial charge in [-0.1, -0.05) is 35.9 Å². The third kappa shape index (κ3) is 5.58. The average Bonchev–Trinajstić information content (AvgIpc) is 2.54. The van der Waals surface area contributed by atoms with Crippen LogP contribution in [0.15, 0.2) is 48.5 Å². The molecule has 1 atom stereocenters. The van der Waals surface area contributed by atoms with Crippen LogP contribution in [-0.4, -0.2) is 22.8 Å². The quantitative estimate of drug-likeness (QED) is 0.579. The summed E-state index contributed by atoms with van der Waals surface area (Å²) in [5.74, 6) is -1.13. The number of amides is 2. The SMILES string of the molecule is NC(=O)[C@H](Cc1cccc(Cl)c1)NC(=O)Cc1cccc([N+](=O)[O-])c1. The molecule has 0 aliphatic heterocycles. The fourth-order valence-corrected chi connectivity index (χ4v) is 2.55. The van der Waals surface area contributed by atoms with Gasteiger partial charge in [-0.2, -0.15) is 0 Å². The lowest BCUT2D eigenvalue weighted by Gasteiger charge is -2.16. The standard InChI is InChI=1S/C17H16ClN3O4/c18-13-5-1-3-11(7-13)9-15(17(19)23)20-16(22)10-12-4-2-6-14(8-12)21(24)25/h1-8,15H,9-10H2,(H2,19,23)(H,20,22)/t15-/m0/s1. The first-order valence-electron chi connectivity index (χ1n) is 7.41. The van der Waals surface area contributed by atoms with Crippen molar-refractivity contribution in [3.63, 3.8) is 0 Å². The van der Waals surface area contributed by atoms with Crippen molar-refractivity contribution in [3.05, 3.63) is 74.8 Å². The molecule has 0 fully saturated rings. The highest BCUT2D eigenvalue weighted by molar-refractivity contribution is 6.30. The Bertz CT molecular complexity index is 810. The lowest BCUT2D eigenvalue weighted by atomic mass is 10.0. The summed E-state index contributed by atoms with van der Waals surface area (Å²) in [6.07, 6.45) is 0.109. The van der Waals surface area contributed by atoms with Crippen molar-refractivity contribution < 1.29 is 14.5 Å². The summed E-state index contributed by atoms with van der Waals surface area (Å²) in [5, 5.41) is 13.8. The number of primary amides is 1. The van der Waals surface area contributed by atoms with E-state index < -0.39 is 22.8 Å². The highest BCUT2D eigenvalue weighted by Crippen LogP contribution is 2.14. The second-order valence-corrected chi connectivity index (χ2v) is 5.90. The molecule has 0 aromatic heterocycles. The fraction of sp³-hybridized carbons (Fsp3) is 0.176. The lowest BCUT2D eigenvalue weighted by Crippen LogP contribution is -2.46. The Labute approximate surface area is 148 Å². The van der Waals surface area contributed by atoms with Crippen LogP contribution in [0.3, 0.4) is 0 Å². The molecule has 0 spiro atoms. The molecule has 0 unspecified atom stereocenters. The summed E-state index contributed by atoms with van der Waals surface area (Å²) >= 11 is 5.90. The summed E-state index contributed by atoms with van der Waals surface area (Å²) in [5.41, 5.74) is 6.48. The molecule has 2 rings (SSSR count). The summed E-state index contributed by atoms with van der Waals surface area (Å²) in [6, 6.07) is 11.7. The largest absolute Gasteiger partial charge is 0.368 e. The molecule has 0 saturated carbocycles. The van der Waals surface area contributed by atoms with Gasteiger partial charge in [0, 0.05) is 23.6 Å². The van der Waals surface area contributed by atoms with Crippen LogP contribution in [0.25, 0.3) is 0 Å². The van der Waals surface area contributed by atoms with Crippen molar-refractivity contribution in [1.29, 1.82) is 0 Å². The van der Waals surface area contributed by atoms with Crippen LogP contribution in [-0.2, 0) is 22.4 Å². The number of hydrogen-bond acceptors (Lipinski definition) is 4. The Kier molecular flexibility index (Phi) is 6.08. The third-order valence-electron chi connectivity index (χ3n) is 3.49. The Balaban J connectivity index is 2.04. The Morgan fingerprint density at radius 2 is 1.84 bits per heavy atom. The number of carbonyl (C=O) groups excluding carboxylic acids is 2. The van der Waals surface area contributed by atoms with Gasteiger partial charge in [-0.15, -0.1) is 0 Å². The number of hydrogen-bond donors (Lipinski definition) is 2. The Morgan fingerprint density at radius 1 is 1.16 bits per heavy atom. The van der Waals surface area contributed by atoms with Gasteiger partial charge in [-0.3, -0.25) is 19.7 Å². The molecule has 7 nitrogen and oxygen atoms in total. The molecule has 0 aliphatic rings. The maximum atomic E-state index is 12.2. The first kappa shape index (κ1) is 18.4. The van der Waals surface area contributed by atoms with Crippen LogP contribution in [0, 0.1) is 10.1 Å². The Hall–Kier alpha value is -2.93. The monoisotopic (exact) mass is 361 g/mol. The Morgan fingerprint density at radius 3 is 2.48 bits per heavy atom. The topological polar surface area (TPSA) is 115 Å². The lowest BCUT2D eigenvalue weighted by molar-refractivity contribution is -0.384. The minimum atomic E-state index is -0.898. The van der Waals surface area contributed by atoms with Gasteiger partial charge in [0.05, 0.1) is 11.3 Å². The van der Waals surface area contributed by atoms with E-state index in [2.05, 4.69) is 5.32 Å². The van der Waals surface area contributed by atoms with E-state index in [1.165, 1.54) is 18.2 Å². The molecule has 0 saturated heterocycles. The number of benzene rings is 2. The highest BCUT2D eigenvalue weighted by atomic mass is 35.5. The molecular formula is C17H16ClN3O4. The predicted octanol–water partition coefficient (Wildman–Crippen LogP) is 2.00. The van der Waals surface area contributed by atoms with Crippen molar-refractivity contribution in [2.45, 2.75) is 18.9 Å². The summed E-state index contributed by atoms with van der Waals surface area (Å²) in [7, 11) is 0. The van der Waals surface area contributed by atoms with Crippen LogP contribution in [0.4, 0.5) is 5.69 Å². The van der Waals surface area contributed by atoms with Crippen molar-refractivity contribution in [2.75, 3.05) is 0 Å². The fourth-order valence-electron chi connectivity index (χ4n) is 2.33. The van der Waals surface area contributed by atoms with Gasteiger partial charge < -0.3 is 11.1 Å². The third-order valence-corrected chi connectivity index (χ3v) is 3.73. The second kappa shape index (κ2) is 8.25. The number of nitrogens with one attached hydrogen (secondary N) is 1. The number of carbonyl (C=O) groups is 2. The normalized spacial score (nSPS) is 11.6. The summed E-state index contributed by atoms with van der Waals surface area (Å²) in [4.78, 5) is 34.0. The molecule has 0 bridgehead atoms. The van der Waals surface area contributed by atoms with E-state index in [1.807, 2.05) is 0 Å². The molecule has 2 amide bonds. The molecule has 0 heterocycles. The van der Waals surface area contributed by atoms with Crippen molar-refractivity contribution >= 4 is 29.1 Å². The van der Waals surface area contributed by atoms with Gasteiger partial charge in [0.15, 0.2) is 0 Å². The van der Waals surface area contributed by atoms with Crippen LogP contribution in [0.2, 0.25) is 5.02 Å². The van der Waals surface area contributed by atoms with Gasteiger partial charge in [-0.05, 0) is 23.3 Å². The number of rotatable bonds is 7. The van der Waals surface area contributed by atoms with Crippen LogP contribution in [0.5, 0.6) is 0 Å². The first-order valence-corrected chi connectivity index (χ1v) is 7.79. The number of nitro benzene ring substituents is 1. The first-order chi connectivity index (χ1) is 11.8. The summed E-state index contributed by atoms with van der Waals surface area (Å²) in [6.45, 7) is 0. The van der Waals surface area contributed by atoms with Gasteiger partial charge >= 0.3 is 0 Å². The summed E-state index contributed by atoms with van der Waals surface area (Å²) < 4.78 is 0. The van der Waals surface area contributed by atoms with E-state index >= 15 is 0 Å². The van der Waals surface area contributed by atoms with Gasteiger partial charge in [0.25, 0.3) is 5.69 Å². The van der Waals surface area contributed by atoms with E-state index in [-0.39, 0.29) is 18.5 Å². The second-order valence-electron chi connectivity index (χ2n) is 5.46. The molecule has 0 radical (unpaired) electrons. The van der Waals surface area contributed by atoms with E-state index in [0.29, 0.717) is 10.6 Å². The maximum absolute atomic E-state index is 12.2. The average molecular weight is 362 g/mol. The number of non-ortho nitro benzene ring substituents is 1. The zero-order chi connectivity index (χ0) is 18.4. The van der Waals surface area contributed by atoms with E-state index in [0.717, 1.165) is 5.56 Å². The van der Waals surface area contributed by atoms with Gasteiger partial charge in [-0.25, -0.2) is 0 Å². The minimum absolute atomic E-state index is 0.0962. The number of nitro groups is 1. The molecule has 3 N–H and O–H groups in total. The van der Waals surface area contributed by atoms with E-state index in [1.54, 1.807) is 30.3 Å². The highest BCUT2D eigenvalue weighted by Gasteiger charge is 2.19. The molecule has 130 valence electrons. The predicted molar refractivity (Wildman–Crippen MR) is 93.1 cm³/mol. The number of nitrogens with zero attached hydrogens (tertiary/aromatic N) is 1. The van der Waals surface area contributed by atoms with E-state index in [4.69, 9.17) is 17.3 Å². The molecule has 2 aromatic carbocycles. The minimum Gasteiger partial charge on any atom is -0.368 e. The smallest absolute Gasteiger partial charge is 0.269 e. The van der Waals surface area contributed by atoms with Crippen LogP contribution < -0.4 is 11.1 Å². The van der Waals surface area contributed by atoms with Crippen molar-refractivity contribution in [3.8, 4) is 0 Å². The van der Waals surface area contributed by atoms with Gasteiger partial charge in [0.2, 0.25) is 11.8 Å². The number of nitrogens with two attached hydrogens (primary N) is 1. The number of halogens is 1. The van der Waals surface area contributed by atoms with Crippen LogP contribution in [0.1, 0.15) is 11.1 Å². The molecule has 25 heavy (non-hydrogen) atoms. The van der Waals surface area contributed by atoms with Gasteiger partial charge in [0.1, 0.15) is 6.04 Å². The molecule has 2 aromatic rings. The van der Waals surface area contributed by atoms with Crippen LogP contribution >= 0.6 is 11.6 Å². The van der Waals surface area contributed by atoms with Crippen molar-refractivity contribution in [2.24, 2.45) is 5.73 Å². The molecule has 0 aliphatic carbocycles. The zero-order valence-corrected chi connectivity index (χ0v) is 13.9. The van der Waals surface area contributed by atoms with E-state index in [9.17, 15) is 19.7 Å².